The van der Waals surface area contributed by atoms with E-state index in [1.165, 1.54) is 6.07 Å². The van der Waals surface area contributed by atoms with Crippen LogP contribution in [0, 0.1) is 12.7 Å². The summed E-state index contributed by atoms with van der Waals surface area (Å²) in [5.41, 5.74) is 0.989. The standard InChI is InChI=1S/C11H13FO2/c1-6(2)8-4-7(3)10(12)9(5-8)11(13)14/h4-6H,1-3H3,(H,13,14). The number of carbonyl (C=O) groups is 1. The molecule has 1 rings (SSSR count). The van der Waals surface area contributed by atoms with Gasteiger partial charge in [0.15, 0.2) is 0 Å². The molecule has 0 bridgehead atoms. The van der Waals surface area contributed by atoms with Gasteiger partial charge < -0.3 is 5.11 Å². The summed E-state index contributed by atoms with van der Waals surface area (Å²) < 4.78 is 13.3. The minimum atomic E-state index is -1.21. The van der Waals surface area contributed by atoms with Crippen molar-refractivity contribution in [1.29, 1.82) is 0 Å². The molecule has 0 aliphatic carbocycles. The van der Waals surface area contributed by atoms with Crippen molar-refractivity contribution in [2.75, 3.05) is 0 Å². The summed E-state index contributed by atoms with van der Waals surface area (Å²) >= 11 is 0. The smallest absolute Gasteiger partial charge is 0.338 e. The van der Waals surface area contributed by atoms with Crippen LogP contribution in [0.2, 0.25) is 0 Å². The summed E-state index contributed by atoms with van der Waals surface area (Å²) in [6.07, 6.45) is 0. The van der Waals surface area contributed by atoms with Crippen LogP contribution in [-0.4, -0.2) is 11.1 Å². The lowest BCUT2D eigenvalue weighted by Crippen LogP contribution is -2.04. The lowest BCUT2D eigenvalue weighted by molar-refractivity contribution is 0.0691. The van der Waals surface area contributed by atoms with Crippen molar-refractivity contribution >= 4 is 5.97 Å². The Hall–Kier alpha value is -1.38. The molecule has 0 saturated heterocycles. The SMILES string of the molecule is Cc1cc(C(C)C)cc(C(=O)O)c1F. The minimum Gasteiger partial charge on any atom is -0.478 e. The van der Waals surface area contributed by atoms with Gasteiger partial charge in [-0.25, -0.2) is 9.18 Å². The number of carboxylic acid groups (broad SMARTS) is 1. The first-order valence-corrected chi connectivity index (χ1v) is 4.46. The molecule has 1 aromatic carbocycles. The molecule has 0 aromatic heterocycles. The molecule has 0 amide bonds. The van der Waals surface area contributed by atoms with Crippen LogP contribution in [0.3, 0.4) is 0 Å². The number of aryl methyl sites for hydroxylation is 1. The van der Waals surface area contributed by atoms with Gasteiger partial charge in [-0.05, 0) is 30.0 Å². The van der Waals surface area contributed by atoms with E-state index in [0.29, 0.717) is 5.56 Å². The summed E-state index contributed by atoms with van der Waals surface area (Å²) in [7, 11) is 0. The second-order valence-corrected chi connectivity index (χ2v) is 3.66. The van der Waals surface area contributed by atoms with E-state index in [1.807, 2.05) is 13.8 Å². The zero-order chi connectivity index (χ0) is 10.9. The number of carboxylic acids is 1. The molecule has 0 atom stereocenters. The predicted molar refractivity (Wildman–Crippen MR) is 52.2 cm³/mol. The van der Waals surface area contributed by atoms with Gasteiger partial charge in [0.2, 0.25) is 0 Å². The molecule has 0 radical (unpaired) electrons. The Bertz CT molecular complexity index is 370. The molecule has 0 unspecified atom stereocenters. The Labute approximate surface area is 82.4 Å². The van der Waals surface area contributed by atoms with Gasteiger partial charge >= 0.3 is 5.97 Å². The highest BCUT2D eigenvalue weighted by Crippen LogP contribution is 2.21. The average molecular weight is 196 g/mol. The fourth-order valence-electron chi connectivity index (χ4n) is 1.29. The molecule has 0 heterocycles. The Morgan fingerprint density at radius 2 is 2.00 bits per heavy atom. The van der Waals surface area contributed by atoms with E-state index in [-0.39, 0.29) is 11.5 Å². The van der Waals surface area contributed by atoms with Crippen molar-refractivity contribution < 1.29 is 14.3 Å². The van der Waals surface area contributed by atoms with Crippen LogP contribution in [0.4, 0.5) is 4.39 Å². The third-order valence-corrected chi connectivity index (χ3v) is 2.17. The molecular weight excluding hydrogens is 183 g/mol. The van der Waals surface area contributed by atoms with E-state index in [9.17, 15) is 9.18 Å². The number of halogens is 1. The maximum atomic E-state index is 13.3. The van der Waals surface area contributed by atoms with E-state index in [4.69, 9.17) is 5.11 Å². The summed E-state index contributed by atoms with van der Waals surface area (Å²) in [6, 6.07) is 3.09. The fraction of sp³-hybridized carbons (Fsp3) is 0.364. The van der Waals surface area contributed by atoms with Gasteiger partial charge in [-0.1, -0.05) is 19.9 Å². The number of aromatic carboxylic acids is 1. The van der Waals surface area contributed by atoms with Gasteiger partial charge in [0.05, 0.1) is 5.56 Å². The molecule has 76 valence electrons. The molecule has 1 aromatic rings. The Kier molecular flexibility index (Phi) is 2.89. The quantitative estimate of drug-likeness (QED) is 0.789. The van der Waals surface area contributed by atoms with Crippen LogP contribution in [0.15, 0.2) is 12.1 Å². The van der Waals surface area contributed by atoms with Crippen LogP contribution < -0.4 is 0 Å². The van der Waals surface area contributed by atoms with Crippen molar-refractivity contribution in [1.82, 2.24) is 0 Å². The highest BCUT2D eigenvalue weighted by atomic mass is 19.1. The third-order valence-electron chi connectivity index (χ3n) is 2.17. The summed E-state index contributed by atoms with van der Waals surface area (Å²) in [5.74, 6) is -1.65. The number of benzene rings is 1. The molecule has 0 saturated carbocycles. The maximum Gasteiger partial charge on any atom is 0.338 e. The van der Waals surface area contributed by atoms with Crippen molar-refractivity contribution in [2.24, 2.45) is 0 Å². The first kappa shape index (κ1) is 10.7. The first-order valence-electron chi connectivity index (χ1n) is 4.46. The molecule has 0 fully saturated rings. The van der Waals surface area contributed by atoms with Crippen molar-refractivity contribution in [3.63, 3.8) is 0 Å². The monoisotopic (exact) mass is 196 g/mol. The van der Waals surface area contributed by atoms with Crippen molar-refractivity contribution in [3.8, 4) is 0 Å². The van der Waals surface area contributed by atoms with Crippen LogP contribution in [0.5, 0.6) is 0 Å². The Morgan fingerprint density at radius 3 is 2.43 bits per heavy atom. The van der Waals surface area contributed by atoms with E-state index in [1.54, 1.807) is 13.0 Å². The molecule has 1 N–H and O–H groups in total. The van der Waals surface area contributed by atoms with Gasteiger partial charge in [0, 0.05) is 0 Å². The third kappa shape index (κ3) is 1.92. The molecule has 2 nitrogen and oxygen atoms in total. The topological polar surface area (TPSA) is 37.3 Å². The molecule has 0 spiro atoms. The van der Waals surface area contributed by atoms with Crippen LogP contribution >= 0.6 is 0 Å². The van der Waals surface area contributed by atoms with Gasteiger partial charge in [0.1, 0.15) is 5.82 Å². The van der Waals surface area contributed by atoms with E-state index < -0.39 is 11.8 Å². The summed E-state index contributed by atoms with van der Waals surface area (Å²) in [6.45, 7) is 5.46. The number of rotatable bonds is 2. The van der Waals surface area contributed by atoms with Gasteiger partial charge in [-0.15, -0.1) is 0 Å². The molecule has 0 aliphatic heterocycles. The normalized spacial score (nSPS) is 10.6. The van der Waals surface area contributed by atoms with Gasteiger partial charge in [-0.2, -0.15) is 0 Å². The summed E-state index contributed by atoms with van der Waals surface area (Å²) in [4.78, 5) is 10.7. The van der Waals surface area contributed by atoms with E-state index in [0.717, 1.165) is 5.56 Å². The average Bonchev–Trinajstić information content (AvgIpc) is 2.08. The van der Waals surface area contributed by atoms with Gasteiger partial charge in [-0.3, -0.25) is 0 Å². The lowest BCUT2D eigenvalue weighted by Gasteiger charge is -2.09. The molecular formula is C11H13FO2. The van der Waals surface area contributed by atoms with Crippen LogP contribution in [0.25, 0.3) is 0 Å². The Balaban J connectivity index is 3.35. The highest BCUT2D eigenvalue weighted by Gasteiger charge is 2.14. The van der Waals surface area contributed by atoms with E-state index in [2.05, 4.69) is 0 Å². The molecule has 3 heteroatoms. The van der Waals surface area contributed by atoms with Crippen LogP contribution in [-0.2, 0) is 0 Å². The van der Waals surface area contributed by atoms with Crippen molar-refractivity contribution in [3.05, 3.63) is 34.6 Å². The maximum absolute atomic E-state index is 13.3. The summed E-state index contributed by atoms with van der Waals surface area (Å²) in [5, 5.41) is 8.76. The predicted octanol–water partition coefficient (Wildman–Crippen LogP) is 2.96. The second-order valence-electron chi connectivity index (χ2n) is 3.66. The minimum absolute atomic E-state index is 0.201. The van der Waals surface area contributed by atoms with E-state index >= 15 is 0 Å². The molecule has 0 aliphatic rings. The van der Waals surface area contributed by atoms with Crippen LogP contribution in [0.1, 0.15) is 41.3 Å². The number of hydrogen-bond acceptors (Lipinski definition) is 1. The zero-order valence-electron chi connectivity index (χ0n) is 8.47. The fourth-order valence-corrected chi connectivity index (χ4v) is 1.29. The number of hydrogen-bond donors (Lipinski definition) is 1. The second kappa shape index (κ2) is 3.78. The Morgan fingerprint density at radius 1 is 1.43 bits per heavy atom. The molecule has 14 heavy (non-hydrogen) atoms. The van der Waals surface area contributed by atoms with Crippen molar-refractivity contribution in [2.45, 2.75) is 26.7 Å². The first-order chi connectivity index (χ1) is 6.43. The lowest BCUT2D eigenvalue weighted by atomic mass is 9.98. The highest BCUT2D eigenvalue weighted by molar-refractivity contribution is 5.88. The zero-order valence-corrected chi connectivity index (χ0v) is 8.47. The largest absolute Gasteiger partial charge is 0.478 e. The van der Waals surface area contributed by atoms with Gasteiger partial charge in [0.25, 0.3) is 0 Å².